The predicted octanol–water partition coefficient (Wildman–Crippen LogP) is 0.803. The second-order valence-electron chi connectivity index (χ2n) is 4.01. The van der Waals surface area contributed by atoms with Gasteiger partial charge in [-0.25, -0.2) is 4.98 Å². The first kappa shape index (κ1) is 12.0. The standard InChI is InChI=1S/C10H15N5OS/c1-15(2)4-3-8-13-9(16-14-8)5-7-6-17-10(11)12-7/h6H,3-5H2,1-2H3,(H2,11,12). The largest absolute Gasteiger partial charge is 0.375 e. The molecule has 0 unspecified atom stereocenters. The minimum absolute atomic E-state index is 0.544. The van der Waals surface area contributed by atoms with Crippen molar-refractivity contribution in [2.24, 2.45) is 0 Å². The first-order valence-corrected chi connectivity index (χ1v) is 6.17. The number of anilines is 1. The van der Waals surface area contributed by atoms with Crippen LogP contribution in [0.4, 0.5) is 5.13 Å². The number of aromatic nitrogens is 3. The molecule has 0 aliphatic carbocycles. The van der Waals surface area contributed by atoms with E-state index in [2.05, 4.69) is 20.0 Å². The van der Waals surface area contributed by atoms with Gasteiger partial charge in [-0.05, 0) is 14.1 Å². The Bertz CT molecular complexity index is 479. The van der Waals surface area contributed by atoms with Crippen molar-refractivity contribution in [3.8, 4) is 0 Å². The van der Waals surface area contributed by atoms with Crippen molar-refractivity contribution < 1.29 is 4.52 Å². The van der Waals surface area contributed by atoms with Crippen LogP contribution >= 0.6 is 11.3 Å². The average molecular weight is 253 g/mol. The van der Waals surface area contributed by atoms with Gasteiger partial charge in [-0.15, -0.1) is 11.3 Å². The maximum atomic E-state index is 5.55. The molecule has 0 amide bonds. The van der Waals surface area contributed by atoms with Crippen molar-refractivity contribution >= 4 is 16.5 Å². The van der Waals surface area contributed by atoms with E-state index in [0.717, 1.165) is 24.5 Å². The number of nitrogen functional groups attached to an aromatic ring is 1. The summed E-state index contributed by atoms with van der Waals surface area (Å²) in [6, 6.07) is 0. The van der Waals surface area contributed by atoms with Gasteiger partial charge in [-0.1, -0.05) is 5.16 Å². The smallest absolute Gasteiger partial charge is 0.232 e. The van der Waals surface area contributed by atoms with E-state index >= 15 is 0 Å². The fraction of sp³-hybridized carbons (Fsp3) is 0.500. The second-order valence-corrected chi connectivity index (χ2v) is 4.90. The van der Waals surface area contributed by atoms with Gasteiger partial charge >= 0.3 is 0 Å². The number of hydrogen-bond donors (Lipinski definition) is 1. The van der Waals surface area contributed by atoms with E-state index in [0.29, 0.717) is 17.4 Å². The Morgan fingerprint density at radius 1 is 1.41 bits per heavy atom. The van der Waals surface area contributed by atoms with Gasteiger partial charge in [0.05, 0.1) is 12.1 Å². The maximum absolute atomic E-state index is 5.55. The lowest BCUT2D eigenvalue weighted by molar-refractivity contribution is 0.370. The van der Waals surface area contributed by atoms with Crippen LogP contribution in [-0.4, -0.2) is 40.7 Å². The Kier molecular flexibility index (Phi) is 3.70. The molecular weight excluding hydrogens is 238 g/mol. The third-order valence-corrected chi connectivity index (χ3v) is 2.92. The topological polar surface area (TPSA) is 81.1 Å². The molecule has 92 valence electrons. The van der Waals surface area contributed by atoms with Crippen LogP contribution in [0.5, 0.6) is 0 Å². The number of hydrogen-bond acceptors (Lipinski definition) is 7. The highest BCUT2D eigenvalue weighted by atomic mass is 32.1. The summed E-state index contributed by atoms with van der Waals surface area (Å²) < 4.78 is 5.15. The molecule has 0 aliphatic rings. The molecule has 2 N–H and O–H groups in total. The normalized spacial score (nSPS) is 11.2. The molecule has 0 atom stereocenters. The Labute approximate surface area is 103 Å². The van der Waals surface area contributed by atoms with Crippen molar-refractivity contribution in [2.75, 3.05) is 26.4 Å². The van der Waals surface area contributed by atoms with Crippen LogP contribution in [0.25, 0.3) is 0 Å². The van der Waals surface area contributed by atoms with Gasteiger partial charge in [0.1, 0.15) is 0 Å². The average Bonchev–Trinajstić information content (AvgIpc) is 2.86. The van der Waals surface area contributed by atoms with Crippen LogP contribution < -0.4 is 5.73 Å². The molecule has 6 nitrogen and oxygen atoms in total. The molecule has 0 fully saturated rings. The van der Waals surface area contributed by atoms with Crippen LogP contribution in [0.15, 0.2) is 9.90 Å². The lowest BCUT2D eigenvalue weighted by Crippen LogP contribution is -2.15. The van der Waals surface area contributed by atoms with Crippen LogP contribution in [-0.2, 0) is 12.8 Å². The Hall–Kier alpha value is -1.47. The monoisotopic (exact) mass is 253 g/mol. The SMILES string of the molecule is CN(C)CCc1noc(Cc2csc(N)n2)n1. The highest BCUT2D eigenvalue weighted by molar-refractivity contribution is 7.13. The molecule has 7 heteroatoms. The van der Waals surface area contributed by atoms with Gasteiger partial charge in [0.2, 0.25) is 5.89 Å². The molecule has 0 saturated carbocycles. The molecule has 2 rings (SSSR count). The van der Waals surface area contributed by atoms with Gasteiger partial charge in [0, 0.05) is 18.3 Å². The van der Waals surface area contributed by atoms with Gasteiger partial charge < -0.3 is 15.2 Å². The van der Waals surface area contributed by atoms with E-state index in [-0.39, 0.29) is 0 Å². The summed E-state index contributed by atoms with van der Waals surface area (Å²) in [7, 11) is 4.03. The first-order valence-electron chi connectivity index (χ1n) is 5.29. The molecule has 2 aromatic heterocycles. The Morgan fingerprint density at radius 3 is 2.88 bits per heavy atom. The molecule has 0 radical (unpaired) electrons. The lowest BCUT2D eigenvalue weighted by atomic mass is 10.3. The van der Waals surface area contributed by atoms with Crippen LogP contribution in [0.3, 0.4) is 0 Å². The minimum Gasteiger partial charge on any atom is -0.375 e. The van der Waals surface area contributed by atoms with E-state index in [9.17, 15) is 0 Å². The number of likely N-dealkylation sites (N-methyl/N-ethyl adjacent to an activating group) is 1. The molecule has 17 heavy (non-hydrogen) atoms. The predicted molar refractivity (Wildman–Crippen MR) is 65.9 cm³/mol. The third-order valence-electron chi connectivity index (χ3n) is 2.19. The van der Waals surface area contributed by atoms with E-state index in [4.69, 9.17) is 10.3 Å². The van der Waals surface area contributed by atoms with E-state index in [1.54, 1.807) is 0 Å². The van der Waals surface area contributed by atoms with E-state index < -0.39 is 0 Å². The van der Waals surface area contributed by atoms with Crippen molar-refractivity contribution in [3.63, 3.8) is 0 Å². The summed E-state index contributed by atoms with van der Waals surface area (Å²) in [6.45, 7) is 0.905. The van der Waals surface area contributed by atoms with Crippen LogP contribution in [0, 0.1) is 0 Å². The number of rotatable bonds is 5. The summed E-state index contributed by atoms with van der Waals surface area (Å²) in [6.07, 6.45) is 1.33. The third kappa shape index (κ3) is 3.50. The summed E-state index contributed by atoms with van der Waals surface area (Å²) in [5.74, 6) is 1.32. The molecule has 2 aromatic rings. The number of nitrogens with zero attached hydrogens (tertiary/aromatic N) is 4. The second kappa shape index (κ2) is 5.24. The van der Waals surface area contributed by atoms with Crippen LogP contribution in [0.1, 0.15) is 17.4 Å². The molecule has 0 aromatic carbocycles. The van der Waals surface area contributed by atoms with Gasteiger partial charge in [-0.2, -0.15) is 4.98 Å². The zero-order chi connectivity index (χ0) is 12.3. The highest BCUT2D eigenvalue weighted by Gasteiger charge is 2.09. The van der Waals surface area contributed by atoms with Crippen molar-refractivity contribution in [3.05, 3.63) is 22.8 Å². The highest BCUT2D eigenvalue weighted by Crippen LogP contribution is 2.14. The quantitative estimate of drug-likeness (QED) is 0.849. The summed E-state index contributed by atoms with van der Waals surface area (Å²) in [5, 5.41) is 6.39. The van der Waals surface area contributed by atoms with Gasteiger partial charge in [0.15, 0.2) is 11.0 Å². The summed E-state index contributed by atoms with van der Waals surface area (Å²) in [4.78, 5) is 10.5. The Balaban J connectivity index is 1.94. The van der Waals surface area contributed by atoms with Crippen LogP contribution in [0.2, 0.25) is 0 Å². The minimum atomic E-state index is 0.544. The zero-order valence-electron chi connectivity index (χ0n) is 9.88. The number of thiazole rings is 1. The Morgan fingerprint density at radius 2 is 2.24 bits per heavy atom. The maximum Gasteiger partial charge on any atom is 0.232 e. The molecule has 0 bridgehead atoms. The summed E-state index contributed by atoms with van der Waals surface area (Å²) >= 11 is 1.41. The fourth-order valence-electron chi connectivity index (χ4n) is 1.35. The molecular formula is C10H15N5OS. The molecule has 0 saturated heterocycles. The van der Waals surface area contributed by atoms with E-state index in [1.807, 2.05) is 19.5 Å². The zero-order valence-corrected chi connectivity index (χ0v) is 10.7. The van der Waals surface area contributed by atoms with E-state index in [1.165, 1.54) is 11.3 Å². The van der Waals surface area contributed by atoms with Crippen molar-refractivity contribution in [2.45, 2.75) is 12.8 Å². The number of nitrogens with two attached hydrogens (primary N) is 1. The first-order chi connectivity index (χ1) is 8.13. The van der Waals surface area contributed by atoms with Gasteiger partial charge in [-0.3, -0.25) is 0 Å². The molecule has 0 spiro atoms. The fourth-order valence-corrected chi connectivity index (χ4v) is 1.91. The molecule has 0 aliphatic heterocycles. The lowest BCUT2D eigenvalue weighted by Gasteiger charge is -2.05. The summed E-state index contributed by atoms with van der Waals surface area (Å²) in [5.41, 5.74) is 6.42. The van der Waals surface area contributed by atoms with Crippen molar-refractivity contribution in [1.29, 1.82) is 0 Å². The van der Waals surface area contributed by atoms with Gasteiger partial charge in [0.25, 0.3) is 0 Å². The molecule has 2 heterocycles. The van der Waals surface area contributed by atoms with Crippen molar-refractivity contribution in [1.82, 2.24) is 20.0 Å².